The molecule has 0 fully saturated rings. The molecule has 2 heterocycles. The highest BCUT2D eigenvalue weighted by Gasteiger charge is 2.58. The van der Waals surface area contributed by atoms with Gasteiger partial charge in [0.15, 0.2) is 5.75 Å². The van der Waals surface area contributed by atoms with Gasteiger partial charge in [-0.05, 0) is 32.4 Å². The van der Waals surface area contributed by atoms with Gasteiger partial charge in [-0.2, -0.15) is 0 Å². The van der Waals surface area contributed by atoms with Crippen LogP contribution in [0.4, 0.5) is 11.4 Å². The SMILES string of the molecule is CCOc1cc2c(c3ccccc13)N=CC1(O2)N(C)c2ccccc2C1(C)C. The summed E-state index contributed by atoms with van der Waals surface area (Å²) in [7, 11) is 2.08. The fraction of sp³-hybridized carbons (Fsp3) is 0.292. The van der Waals surface area contributed by atoms with Crippen molar-refractivity contribution in [3.8, 4) is 11.5 Å². The molecule has 0 amide bonds. The number of para-hydroxylation sites is 1. The van der Waals surface area contributed by atoms with Gasteiger partial charge in [-0.1, -0.05) is 42.5 Å². The molecule has 28 heavy (non-hydrogen) atoms. The van der Waals surface area contributed by atoms with Crippen LogP contribution in [-0.4, -0.2) is 25.6 Å². The summed E-state index contributed by atoms with van der Waals surface area (Å²) in [6.07, 6.45) is 1.97. The molecule has 3 aromatic rings. The van der Waals surface area contributed by atoms with Crippen molar-refractivity contribution in [2.24, 2.45) is 4.99 Å². The van der Waals surface area contributed by atoms with Crippen molar-refractivity contribution in [1.82, 2.24) is 0 Å². The highest BCUT2D eigenvalue weighted by Crippen LogP contribution is 2.54. The second-order valence-corrected chi connectivity index (χ2v) is 7.96. The lowest BCUT2D eigenvalue weighted by atomic mass is 9.77. The zero-order valence-electron chi connectivity index (χ0n) is 16.7. The third kappa shape index (κ3) is 2.03. The van der Waals surface area contributed by atoms with Gasteiger partial charge in [0.2, 0.25) is 5.72 Å². The normalized spacial score (nSPS) is 21.5. The largest absolute Gasteiger partial charge is 0.493 e. The molecule has 4 heteroatoms. The van der Waals surface area contributed by atoms with Gasteiger partial charge in [0, 0.05) is 29.6 Å². The van der Waals surface area contributed by atoms with Crippen molar-refractivity contribution in [1.29, 1.82) is 0 Å². The van der Waals surface area contributed by atoms with Crippen LogP contribution in [0.15, 0.2) is 59.6 Å². The van der Waals surface area contributed by atoms with E-state index in [-0.39, 0.29) is 5.41 Å². The topological polar surface area (TPSA) is 34.1 Å². The van der Waals surface area contributed by atoms with E-state index in [0.29, 0.717) is 6.61 Å². The number of likely N-dealkylation sites (N-methyl/N-ethyl adjacent to an activating group) is 1. The number of rotatable bonds is 2. The fourth-order valence-electron chi connectivity index (χ4n) is 4.66. The molecule has 5 rings (SSSR count). The van der Waals surface area contributed by atoms with Crippen LogP contribution < -0.4 is 14.4 Å². The third-order valence-electron chi connectivity index (χ3n) is 6.21. The molecule has 1 unspecified atom stereocenters. The van der Waals surface area contributed by atoms with Crippen molar-refractivity contribution in [2.45, 2.75) is 31.9 Å². The predicted molar refractivity (Wildman–Crippen MR) is 114 cm³/mol. The summed E-state index contributed by atoms with van der Waals surface area (Å²) in [4.78, 5) is 7.14. The zero-order chi connectivity index (χ0) is 19.5. The van der Waals surface area contributed by atoms with Crippen molar-refractivity contribution in [3.63, 3.8) is 0 Å². The van der Waals surface area contributed by atoms with Gasteiger partial charge in [0.05, 0.1) is 18.2 Å². The molecule has 142 valence electrons. The molecule has 0 bridgehead atoms. The number of ether oxygens (including phenoxy) is 2. The minimum absolute atomic E-state index is 0.267. The number of aliphatic imine (C=N–C) groups is 1. The quantitative estimate of drug-likeness (QED) is 0.599. The molecular weight excluding hydrogens is 348 g/mol. The van der Waals surface area contributed by atoms with Crippen molar-refractivity contribution >= 4 is 28.4 Å². The Morgan fingerprint density at radius 2 is 1.75 bits per heavy atom. The number of benzene rings is 3. The maximum atomic E-state index is 6.78. The molecule has 1 atom stereocenters. The first-order chi connectivity index (χ1) is 13.5. The van der Waals surface area contributed by atoms with E-state index in [0.717, 1.165) is 28.0 Å². The number of hydrogen-bond acceptors (Lipinski definition) is 4. The Balaban J connectivity index is 1.72. The summed E-state index contributed by atoms with van der Waals surface area (Å²) in [6, 6.07) is 18.7. The smallest absolute Gasteiger partial charge is 0.228 e. The van der Waals surface area contributed by atoms with E-state index < -0.39 is 5.72 Å². The molecule has 0 aliphatic carbocycles. The molecule has 0 saturated heterocycles. The molecule has 4 nitrogen and oxygen atoms in total. The maximum absolute atomic E-state index is 6.78. The second kappa shape index (κ2) is 5.74. The summed E-state index contributed by atoms with van der Waals surface area (Å²) in [5, 5.41) is 2.10. The van der Waals surface area contributed by atoms with Gasteiger partial charge in [0.1, 0.15) is 11.4 Å². The lowest BCUT2D eigenvalue weighted by Crippen LogP contribution is -2.61. The fourth-order valence-corrected chi connectivity index (χ4v) is 4.66. The van der Waals surface area contributed by atoms with E-state index in [9.17, 15) is 0 Å². The van der Waals surface area contributed by atoms with Crippen molar-refractivity contribution in [2.75, 3.05) is 18.6 Å². The summed E-state index contributed by atoms with van der Waals surface area (Å²) in [6.45, 7) is 7.04. The van der Waals surface area contributed by atoms with Crippen LogP contribution >= 0.6 is 0 Å². The first kappa shape index (κ1) is 17.1. The number of nitrogens with zero attached hydrogens (tertiary/aromatic N) is 2. The molecule has 0 radical (unpaired) electrons. The number of anilines is 1. The Kier molecular flexibility index (Phi) is 3.51. The Hall–Kier alpha value is -3.01. The molecule has 2 aliphatic rings. The summed E-state index contributed by atoms with van der Waals surface area (Å²) in [5.41, 5.74) is 2.35. The third-order valence-corrected chi connectivity index (χ3v) is 6.21. The van der Waals surface area contributed by atoms with E-state index in [1.54, 1.807) is 0 Å². The van der Waals surface area contributed by atoms with E-state index >= 15 is 0 Å². The Morgan fingerprint density at radius 3 is 2.50 bits per heavy atom. The Morgan fingerprint density at radius 1 is 1.04 bits per heavy atom. The van der Waals surface area contributed by atoms with E-state index in [1.807, 2.05) is 31.3 Å². The first-order valence-electron chi connectivity index (χ1n) is 9.76. The number of hydrogen-bond donors (Lipinski definition) is 0. The standard InChI is InChI=1S/C24H24N2O2/c1-5-27-20-14-21-22(17-11-7-6-10-16(17)20)25-15-24(28-21)23(2,3)18-12-8-9-13-19(18)26(24)4/h6-15H,5H2,1-4H3. The van der Waals surface area contributed by atoms with Crippen molar-refractivity contribution < 1.29 is 9.47 Å². The highest BCUT2D eigenvalue weighted by molar-refractivity contribution is 6.02. The van der Waals surface area contributed by atoms with Gasteiger partial charge < -0.3 is 14.4 Å². The Bertz CT molecular complexity index is 1120. The summed E-state index contributed by atoms with van der Waals surface area (Å²) >= 11 is 0. The van der Waals surface area contributed by atoms with Crippen LogP contribution in [0.25, 0.3) is 10.8 Å². The lowest BCUT2D eigenvalue weighted by Gasteiger charge is -2.45. The van der Waals surface area contributed by atoms with Crippen LogP contribution in [0.5, 0.6) is 11.5 Å². The monoisotopic (exact) mass is 372 g/mol. The van der Waals surface area contributed by atoms with Gasteiger partial charge >= 0.3 is 0 Å². The van der Waals surface area contributed by atoms with Gasteiger partial charge in [-0.15, -0.1) is 0 Å². The van der Waals surface area contributed by atoms with Gasteiger partial charge in [0.25, 0.3) is 0 Å². The van der Waals surface area contributed by atoms with E-state index in [4.69, 9.17) is 14.5 Å². The molecule has 2 aliphatic heterocycles. The molecular formula is C24H24N2O2. The minimum atomic E-state index is -0.685. The summed E-state index contributed by atoms with van der Waals surface area (Å²) in [5.74, 6) is 1.59. The second-order valence-electron chi connectivity index (χ2n) is 7.96. The zero-order valence-corrected chi connectivity index (χ0v) is 16.7. The van der Waals surface area contributed by atoms with E-state index in [2.05, 4.69) is 62.2 Å². The van der Waals surface area contributed by atoms with Gasteiger partial charge in [-0.3, -0.25) is 4.99 Å². The van der Waals surface area contributed by atoms with Gasteiger partial charge in [-0.25, -0.2) is 0 Å². The first-order valence-corrected chi connectivity index (χ1v) is 9.76. The van der Waals surface area contributed by atoms with Crippen LogP contribution in [0.2, 0.25) is 0 Å². The maximum Gasteiger partial charge on any atom is 0.228 e. The molecule has 0 saturated carbocycles. The van der Waals surface area contributed by atoms with Crippen LogP contribution in [0.3, 0.4) is 0 Å². The Labute approximate surface area is 165 Å². The summed E-state index contributed by atoms with van der Waals surface area (Å²) < 4.78 is 12.7. The average Bonchev–Trinajstić information content (AvgIpc) is 2.87. The van der Waals surface area contributed by atoms with Crippen LogP contribution in [0, 0.1) is 0 Å². The molecule has 3 aromatic carbocycles. The number of fused-ring (bicyclic) bond motifs is 4. The highest BCUT2D eigenvalue weighted by atomic mass is 16.5. The van der Waals surface area contributed by atoms with Crippen LogP contribution in [-0.2, 0) is 5.41 Å². The minimum Gasteiger partial charge on any atom is -0.493 e. The molecule has 1 spiro atoms. The molecule has 0 N–H and O–H groups in total. The van der Waals surface area contributed by atoms with Crippen molar-refractivity contribution in [3.05, 3.63) is 60.2 Å². The van der Waals surface area contributed by atoms with E-state index in [1.165, 1.54) is 11.3 Å². The predicted octanol–water partition coefficient (Wildman–Crippen LogP) is 5.46. The average molecular weight is 372 g/mol. The molecule has 0 aromatic heterocycles. The van der Waals surface area contributed by atoms with Crippen LogP contribution in [0.1, 0.15) is 26.3 Å². The lowest BCUT2D eigenvalue weighted by molar-refractivity contribution is 0.0823.